The maximum Gasteiger partial charge on any atom is 0.179 e. The molecule has 0 spiro atoms. The fraction of sp³-hybridized carbons (Fsp3) is 0.125. The fourth-order valence-corrected chi connectivity index (χ4v) is 1.57. The van der Waals surface area contributed by atoms with Gasteiger partial charge >= 0.3 is 0 Å². The number of aromatic amines is 1. The first kappa shape index (κ1) is 7.52. The number of aromatic nitrogens is 2. The quantitative estimate of drug-likeness (QED) is 0.653. The molecule has 2 aromatic rings. The molecule has 0 aliphatic heterocycles. The van der Waals surface area contributed by atoms with Gasteiger partial charge in [0.2, 0.25) is 0 Å². The second-order valence-electron chi connectivity index (χ2n) is 2.56. The third kappa shape index (κ3) is 0.964. The molecule has 62 valence electrons. The zero-order chi connectivity index (χ0) is 8.55. The molecule has 1 heterocycles. The highest BCUT2D eigenvalue weighted by Crippen LogP contribution is 2.11. The predicted octanol–water partition coefficient (Wildman–Crippen LogP) is 1.62. The lowest BCUT2D eigenvalue weighted by atomic mass is 10.3. The van der Waals surface area contributed by atoms with Crippen molar-refractivity contribution in [3.63, 3.8) is 0 Å². The first-order valence-electron chi connectivity index (χ1n) is 3.70. The molecule has 0 atom stereocenters. The maximum atomic E-state index is 5.54. The number of nitrogens with one attached hydrogen (secondary N) is 1. The highest BCUT2D eigenvalue weighted by Gasteiger charge is 1.99. The van der Waals surface area contributed by atoms with Crippen LogP contribution in [0.2, 0.25) is 0 Å². The van der Waals surface area contributed by atoms with Crippen molar-refractivity contribution in [2.75, 3.05) is 0 Å². The summed E-state index contributed by atoms with van der Waals surface area (Å²) in [6.07, 6.45) is 0. The van der Waals surface area contributed by atoms with E-state index in [1.807, 2.05) is 28.8 Å². The van der Waals surface area contributed by atoms with Gasteiger partial charge in [-0.1, -0.05) is 12.1 Å². The summed E-state index contributed by atoms with van der Waals surface area (Å²) >= 11 is 5.08. The molecular formula is C8H9N3S. The summed E-state index contributed by atoms with van der Waals surface area (Å²) in [5.41, 5.74) is 7.63. The summed E-state index contributed by atoms with van der Waals surface area (Å²) < 4.78 is 2.55. The van der Waals surface area contributed by atoms with E-state index < -0.39 is 0 Å². The molecule has 3 nitrogen and oxygen atoms in total. The van der Waals surface area contributed by atoms with Gasteiger partial charge in [-0.15, -0.1) is 0 Å². The predicted molar refractivity (Wildman–Crippen MR) is 51.3 cm³/mol. The first-order chi connectivity index (χ1) is 5.83. The topological polar surface area (TPSA) is 46.7 Å². The molecule has 2 rings (SSSR count). The monoisotopic (exact) mass is 179 g/mol. The van der Waals surface area contributed by atoms with Crippen LogP contribution < -0.4 is 5.73 Å². The lowest BCUT2D eigenvalue weighted by Crippen LogP contribution is -2.06. The van der Waals surface area contributed by atoms with Gasteiger partial charge in [-0.3, -0.25) is 0 Å². The molecule has 1 aromatic heterocycles. The molecule has 0 saturated carbocycles. The lowest BCUT2D eigenvalue weighted by molar-refractivity contribution is 0.744. The molecule has 0 bridgehead atoms. The molecule has 4 heteroatoms. The van der Waals surface area contributed by atoms with Gasteiger partial charge in [0.25, 0.3) is 0 Å². The van der Waals surface area contributed by atoms with Crippen LogP contribution in [0, 0.1) is 4.77 Å². The number of imidazole rings is 1. The van der Waals surface area contributed by atoms with Crippen molar-refractivity contribution in [2.24, 2.45) is 5.73 Å². The van der Waals surface area contributed by atoms with E-state index >= 15 is 0 Å². The molecule has 1 aromatic carbocycles. The van der Waals surface area contributed by atoms with Gasteiger partial charge in [-0.25, -0.2) is 0 Å². The number of rotatable bonds is 1. The van der Waals surface area contributed by atoms with E-state index in [0.717, 1.165) is 11.0 Å². The Balaban J connectivity index is 2.91. The molecule has 0 amide bonds. The van der Waals surface area contributed by atoms with Crippen molar-refractivity contribution in [1.82, 2.24) is 9.55 Å². The Morgan fingerprint density at radius 2 is 2.17 bits per heavy atom. The van der Waals surface area contributed by atoms with Crippen molar-refractivity contribution < 1.29 is 0 Å². The van der Waals surface area contributed by atoms with Crippen LogP contribution in [0.1, 0.15) is 0 Å². The molecule has 0 fully saturated rings. The highest BCUT2D eigenvalue weighted by atomic mass is 32.1. The number of hydrogen-bond acceptors (Lipinski definition) is 2. The van der Waals surface area contributed by atoms with Crippen LogP contribution in [0.25, 0.3) is 11.0 Å². The van der Waals surface area contributed by atoms with Crippen LogP contribution >= 0.6 is 12.2 Å². The van der Waals surface area contributed by atoms with E-state index in [9.17, 15) is 0 Å². The summed E-state index contributed by atoms with van der Waals surface area (Å²) in [4.78, 5) is 3.08. The summed E-state index contributed by atoms with van der Waals surface area (Å²) in [6.45, 7) is 0.419. The summed E-state index contributed by atoms with van der Waals surface area (Å²) in [7, 11) is 0. The summed E-state index contributed by atoms with van der Waals surface area (Å²) in [5.74, 6) is 0. The molecule has 3 N–H and O–H groups in total. The van der Waals surface area contributed by atoms with Gasteiger partial charge in [-0.05, 0) is 24.4 Å². The molecule has 0 radical (unpaired) electrons. The van der Waals surface area contributed by atoms with Gasteiger partial charge in [0.05, 0.1) is 17.7 Å². The van der Waals surface area contributed by atoms with Crippen molar-refractivity contribution in [2.45, 2.75) is 6.67 Å². The average molecular weight is 179 g/mol. The standard InChI is InChI=1S/C8H9N3S/c9-5-11-7-4-2-1-3-6(7)10-8(11)12/h1-4H,5,9H2,(H,10,12). The zero-order valence-electron chi connectivity index (χ0n) is 6.45. The normalized spacial score (nSPS) is 10.8. The molecule has 0 aliphatic carbocycles. The van der Waals surface area contributed by atoms with Crippen LogP contribution in [0.15, 0.2) is 24.3 Å². The van der Waals surface area contributed by atoms with Crippen LogP contribution in [0.4, 0.5) is 0 Å². The van der Waals surface area contributed by atoms with Crippen LogP contribution in [0.3, 0.4) is 0 Å². The minimum absolute atomic E-state index is 0.419. The number of fused-ring (bicyclic) bond motifs is 1. The fourth-order valence-electron chi connectivity index (χ4n) is 1.29. The van der Waals surface area contributed by atoms with Crippen LogP contribution in [0.5, 0.6) is 0 Å². The smallest absolute Gasteiger partial charge is 0.179 e. The Bertz CT molecular complexity index is 455. The molecule has 0 saturated heterocycles. The third-order valence-electron chi connectivity index (χ3n) is 1.86. The second kappa shape index (κ2) is 2.73. The SMILES string of the molecule is NCn1c(=S)[nH]c2ccccc21. The van der Waals surface area contributed by atoms with E-state index in [1.54, 1.807) is 0 Å². The Hall–Kier alpha value is -1.13. The summed E-state index contributed by atoms with van der Waals surface area (Å²) in [5, 5.41) is 0. The average Bonchev–Trinajstić information content (AvgIpc) is 2.40. The molecule has 0 unspecified atom stereocenters. The van der Waals surface area contributed by atoms with Gasteiger partial charge < -0.3 is 15.3 Å². The number of nitrogens with two attached hydrogens (primary N) is 1. The number of benzene rings is 1. The van der Waals surface area contributed by atoms with Gasteiger partial charge in [0.15, 0.2) is 4.77 Å². The largest absolute Gasteiger partial charge is 0.331 e. The number of H-pyrrole nitrogens is 1. The van der Waals surface area contributed by atoms with E-state index in [-0.39, 0.29) is 0 Å². The van der Waals surface area contributed by atoms with E-state index in [1.165, 1.54) is 0 Å². The van der Waals surface area contributed by atoms with E-state index in [2.05, 4.69) is 4.98 Å². The second-order valence-corrected chi connectivity index (χ2v) is 2.94. The van der Waals surface area contributed by atoms with Crippen molar-refractivity contribution in [3.05, 3.63) is 29.0 Å². The van der Waals surface area contributed by atoms with Crippen LogP contribution in [-0.4, -0.2) is 9.55 Å². The summed E-state index contributed by atoms with van der Waals surface area (Å²) in [6, 6.07) is 7.91. The Labute approximate surface area is 74.8 Å². The van der Waals surface area contributed by atoms with Gasteiger partial charge in [-0.2, -0.15) is 0 Å². The Morgan fingerprint density at radius 3 is 2.92 bits per heavy atom. The van der Waals surface area contributed by atoms with Gasteiger partial charge in [0, 0.05) is 0 Å². The van der Waals surface area contributed by atoms with Crippen molar-refractivity contribution >= 4 is 23.3 Å². The Morgan fingerprint density at radius 1 is 1.42 bits per heavy atom. The minimum atomic E-state index is 0.419. The molecule has 12 heavy (non-hydrogen) atoms. The third-order valence-corrected chi connectivity index (χ3v) is 2.19. The highest BCUT2D eigenvalue weighted by molar-refractivity contribution is 7.71. The number of para-hydroxylation sites is 2. The van der Waals surface area contributed by atoms with Crippen LogP contribution in [-0.2, 0) is 6.67 Å². The molecular weight excluding hydrogens is 170 g/mol. The van der Waals surface area contributed by atoms with Gasteiger partial charge in [0.1, 0.15) is 0 Å². The Kier molecular flexibility index (Phi) is 1.71. The number of nitrogens with zero attached hydrogens (tertiary/aromatic N) is 1. The first-order valence-corrected chi connectivity index (χ1v) is 4.11. The van der Waals surface area contributed by atoms with Crippen molar-refractivity contribution in [1.29, 1.82) is 0 Å². The minimum Gasteiger partial charge on any atom is -0.331 e. The van der Waals surface area contributed by atoms with E-state index in [4.69, 9.17) is 18.0 Å². The van der Waals surface area contributed by atoms with E-state index in [0.29, 0.717) is 11.4 Å². The maximum absolute atomic E-state index is 5.54. The number of hydrogen-bond donors (Lipinski definition) is 2. The van der Waals surface area contributed by atoms with Crippen molar-refractivity contribution in [3.8, 4) is 0 Å². The molecule has 0 aliphatic rings. The lowest BCUT2D eigenvalue weighted by Gasteiger charge is -1.96. The zero-order valence-corrected chi connectivity index (χ0v) is 7.27.